The zero-order valence-electron chi connectivity index (χ0n) is 15.2. The predicted octanol–water partition coefficient (Wildman–Crippen LogP) is 2.55. The number of aromatic nitrogens is 2. The molecule has 0 aliphatic rings. The minimum Gasteiger partial charge on any atom is -0.452 e. The van der Waals surface area contributed by atoms with Crippen LogP contribution in [0, 0.1) is 12.3 Å². The summed E-state index contributed by atoms with van der Waals surface area (Å²) in [5.74, 6) is -1.07. The molecule has 0 radical (unpaired) electrons. The summed E-state index contributed by atoms with van der Waals surface area (Å²) >= 11 is 1.26. The number of rotatable bonds is 6. The number of carbonyl (C=O) groups is 3. The molecular formula is C18H21N3O4S. The smallest absolute Gasteiger partial charge is 0.358 e. The van der Waals surface area contributed by atoms with E-state index in [0.717, 1.165) is 4.88 Å². The topological polar surface area (TPSA) is 98.2 Å². The Morgan fingerprint density at radius 1 is 1.15 bits per heavy atom. The summed E-state index contributed by atoms with van der Waals surface area (Å²) in [7, 11) is 0. The maximum atomic E-state index is 12.2. The van der Waals surface area contributed by atoms with Gasteiger partial charge in [0.25, 0.3) is 0 Å². The molecule has 0 fully saturated rings. The predicted molar refractivity (Wildman–Crippen MR) is 97.0 cm³/mol. The van der Waals surface area contributed by atoms with Crippen LogP contribution >= 0.6 is 11.3 Å². The lowest BCUT2D eigenvalue weighted by atomic mass is 9.96. The summed E-state index contributed by atoms with van der Waals surface area (Å²) in [6, 6.07) is 3.43. The summed E-state index contributed by atoms with van der Waals surface area (Å²) in [4.78, 5) is 45.1. The second kappa shape index (κ2) is 8.18. The van der Waals surface area contributed by atoms with Crippen LogP contribution < -0.4 is 5.32 Å². The average Bonchev–Trinajstić information content (AvgIpc) is 3.06. The van der Waals surface area contributed by atoms with Gasteiger partial charge in [0.2, 0.25) is 11.7 Å². The molecule has 1 N–H and O–H groups in total. The van der Waals surface area contributed by atoms with Gasteiger partial charge < -0.3 is 10.1 Å². The van der Waals surface area contributed by atoms with Gasteiger partial charge in [0.05, 0.1) is 23.3 Å². The Kier molecular flexibility index (Phi) is 6.20. The molecule has 0 aliphatic carbocycles. The van der Waals surface area contributed by atoms with E-state index in [4.69, 9.17) is 4.74 Å². The van der Waals surface area contributed by atoms with Crippen molar-refractivity contribution in [1.29, 1.82) is 0 Å². The lowest BCUT2D eigenvalue weighted by molar-refractivity contribution is -0.128. The number of hydrogen-bond acceptors (Lipinski definition) is 7. The van der Waals surface area contributed by atoms with Crippen molar-refractivity contribution in [2.75, 3.05) is 6.61 Å². The van der Waals surface area contributed by atoms with E-state index in [1.807, 2.05) is 20.8 Å². The van der Waals surface area contributed by atoms with Gasteiger partial charge in [-0.1, -0.05) is 20.8 Å². The standard InChI is InChI=1S/C18H21N3O4S/c1-11-7-20-13(9-19-11)16(23)25-10-14(22)15-6-5-12(26-15)8-21-17(24)18(2,3)4/h5-7,9H,8,10H2,1-4H3,(H,21,24). The zero-order chi connectivity index (χ0) is 19.3. The van der Waals surface area contributed by atoms with Crippen molar-refractivity contribution in [3.05, 3.63) is 45.7 Å². The Labute approximate surface area is 155 Å². The molecular weight excluding hydrogens is 354 g/mol. The van der Waals surface area contributed by atoms with Gasteiger partial charge in [-0.2, -0.15) is 0 Å². The maximum absolute atomic E-state index is 12.2. The van der Waals surface area contributed by atoms with Crippen molar-refractivity contribution in [2.24, 2.45) is 5.41 Å². The van der Waals surface area contributed by atoms with Crippen LogP contribution in [0.3, 0.4) is 0 Å². The highest BCUT2D eigenvalue weighted by molar-refractivity contribution is 7.14. The zero-order valence-corrected chi connectivity index (χ0v) is 16.0. The van der Waals surface area contributed by atoms with Crippen LogP contribution in [-0.2, 0) is 16.1 Å². The van der Waals surface area contributed by atoms with Gasteiger partial charge in [0.1, 0.15) is 0 Å². The molecule has 2 rings (SSSR count). The van der Waals surface area contributed by atoms with Crippen molar-refractivity contribution < 1.29 is 19.1 Å². The second-order valence-electron chi connectivity index (χ2n) is 6.74. The number of thiophene rings is 1. The largest absolute Gasteiger partial charge is 0.452 e. The van der Waals surface area contributed by atoms with Crippen molar-refractivity contribution in [3.8, 4) is 0 Å². The fourth-order valence-electron chi connectivity index (χ4n) is 1.83. The number of nitrogens with one attached hydrogen (secondary N) is 1. The molecule has 138 valence electrons. The van der Waals surface area contributed by atoms with Gasteiger partial charge in [0, 0.05) is 16.5 Å². The Hall–Kier alpha value is -2.61. The Morgan fingerprint density at radius 3 is 2.50 bits per heavy atom. The van der Waals surface area contributed by atoms with E-state index in [-0.39, 0.29) is 24.0 Å². The van der Waals surface area contributed by atoms with E-state index in [1.165, 1.54) is 23.7 Å². The molecule has 8 heteroatoms. The highest BCUT2D eigenvalue weighted by Crippen LogP contribution is 2.18. The number of hydrogen-bond donors (Lipinski definition) is 1. The Bertz CT molecular complexity index is 807. The third-order valence-corrected chi connectivity index (χ3v) is 4.49. The number of carbonyl (C=O) groups excluding carboxylic acids is 3. The molecule has 0 aliphatic heterocycles. The number of Topliss-reactive ketones (excluding diaryl/α,β-unsaturated/α-hetero) is 1. The highest BCUT2D eigenvalue weighted by atomic mass is 32.1. The minimum atomic E-state index is -0.694. The average molecular weight is 375 g/mol. The number of aryl methyl sites for hydroxylation is 1. The minimum absolute atomic E-state index is 0.0557. The molecule has 7 nitrogen and oxygen atoms in total. The van der Waals surface area contributed by atoms with Crippen LogP contribution in [0.1, 0.15) is 51.5 Å². The van der Waals surface area contributed by atoms with Gasteiger partial charge in [-0.05, 0) is 19.1 Å². The first-order chi connectivity index (χ1) is 12.2. The monoisotopic (exact) mass is 375 g/mol. The van der Waals surface area contributed by atoms with Gasteiger partial charge in [0.15, 0.2) is 12.3 Å². The SMILES string of the molecule is Cc1cnc(C(=O)OCC(=O)c2ccc(CNC(=O)C(C)(C)C)s2)cn1. The van der Waals surface area contributed by atoms with Crippen LogP contribution in [-0.4, -0.2) is 34.2 Å². The van der Waals surface area contributed by atoms with Gasteiger partial charge in [-0.3, -0.25) is 14.6 Å². The molecule has 0 spiro atoms. The van der Waals surface area contributed by atoms with E-state index >= 15 is 0 Å². The van der Waals surface area contributed by atoms with Crippen LogP contribution in [0.5, 0.6) is 0 Å². The number of esters is 1. The lowest BCUT2D eigenvalue weighted by Gasteiger charge is -2.17. The fraction of sp³-hybridized carbons (Fsp3) is 0.389. The van der Waals surface area contributed by atoms with Crippen LogP contribution in [0.4, 0.5) is 0 Å². The maximum Gasteiger partial charge on any atom is 0.358 e. The third-order valence-electron chi connectivity index (χ3n) is 3.37. The molecule has 0 aromatic carbocycles. The van der Waals surface area contributed by atoms with Crippen LogP contribution in [0.25, 0.3) is 0 Å². The molecule has 1 amide bonds. The van der Waals surface area contributed by atoms with Gasteiger partial charge in [-0.25, -0.2) is 9.78 Å². The molecule has 0 bridgehead atoms. The molecule has 0 saturated heterocycles. The van der Waals surface area contributed by atoms with E-state index in [9.17, 15) is 14.4 Å². The number of ketones is 1. The van der Waals surface area contributed by atoms with Crippen LogP contribution in [0.2, 0.25) is 0 Å². The summed E-state index contributed by atoms with van der Waals surface area (Å²) in [6.45, 7) is 7.23. The molecule has 2 heterocycles. The first-order valence-electron chi connectivity index (χ1n) is 8.03. The Balaban J connectivity index is 1.86. The number of amides is 1. The van der Waals surface area contributed by atoms with E-state index in [1.54, 1.807) is 19.1 Å². The molecule has 0 atom stereocenters. The lowest BCUT2D eigenvalue weighted by Crippen LogP contribution is -2.34. The first-order valence-corrected chi connectivity index (χ1v) is 8.84. The van der Waals surface area contributed by atoms with Crippen molar-refractivity contribution in [1.82, 2.24) is 15.3 Å². The van der Waals surface area contributed by atoms with Gasteiger partial charge >= 0.3 is 5.97 Å². The van der Waals surface area contributed by atoms with Gasteiger partial charge in [-0.15, -0.1) is 11.3 Å². The molecule has 2 aromatic rings. The van der Waals surface area contributed by atoms with Crippen LogP contribution in [0.15, 0.2) is 24.5 Å². The van der Waals surface area contributed by atoms with Crippen molar-refractivity contribution in [2.45, 2.75) is 34.2 Å². The number of ether oxygens (including phenoxy) is 1. The summed E-state index contributed by atoms with van der Waals surface area (Å²) in [5, 5.41) is 2.83. The fourth-order valence-corrected chi connectivity index (χ4v) is 2.70. The van der Waals surface area contributed by atoms with E-state index in [0.29, 0.717) is 17.1 Å². The van der Waals surface area contributed by atoms with E-state index in [2.05, 4.69) is 15.3 Å². The normalized spacial score (nSPS) is 11.1. The summed E-state index contributed by atoms with van der Waals surface area (Å²) in [5.41, 5.74) is 0.269. The summed E-state index contributed by atoms with van der Waals surface area (Å²) in [6.07, 6.45) is 2.76. The van der Waals surface area contributed by atoms with Crippen molar-refractivity contribution in [3.63, 3.8) is 0 Å². The molecule has 0 unspecified atom stereocenters. The third kappa shape index (κ3) is 5.45. The number of nitrogens with zero attached hydrogens (tertiary/aromatic N) is 2. The highest BCUT2D eigenvalue weighted by Gasteiger charge is 2.21. The second-order valence-corrected chi connectivity index (χ2v) is 7.91. The summed E-state index contributed by atoms with van der Waals surface area (Å²) < 4.78 is 4.98. The Morgan fingerprint density at radius 2 is 1.88 bits per heavy atom. The molecule has 2 aromatic heterocycles. The van der Waals surface area contributed by atoms with E-state index < -0.39 is 11.4 Å². The molecule has 0 saturated carbocycles. The van der Waals surface area contributed by atoms with Crippen molar-refractivity contribution >= 4 is 29.0 Å². The first kappa shape index (κ1) is 19.7. The molecule has 26 heavy (non-hydrogen) atoms. The quantitative estimate of drug-likeness (QED) is 0.615.